The van der Waals surface area contributed by atoms with Gasteiger partial charge in [0.15, 0.2) is 0 Å². The zero-order valence-electron chi connectivity index (χ0n) is 18.8. The van der Waals surface area contributed by atoms with Crippen molar-refractivity contribution < 1.29 is 19.1 Å². The van der Waals surface area contributed by atoms with Gasteiger partial charge in [-0.05, 0) is 29.3 Å². The summed E-state index contributed by atoms with van der Waals surface area (Å²) in [6, 6.07) is 22.6. The highest BCUT2D eigenvalue weighted by Gasteiger charge is 2.24. The minimum Gasteiger partial charge on any atom is -0.460 e. The maximum atomic E-state index is 13.1. The summed E-state index contributed by atoms with van der Waals surface area (Å²) in [6.45, 7) is -0.213. The van der Waals surface area contributed by atoms with Crippen LogP contribution in [0.15, 0.2) is 85.1 Å². The van der Waals surface area contributed by atoms with E-state index >= 15 is 0 Å². The molecule has 1 heterocycles. The number of fused-ring (bicyclic) bond motifs is 1. The zero-order valence-corrected chi connectivity index (χ0v) is 19.5. The topological polar surface area (TPSA) is 100 Å². The van der Waals surface area contributed by atoms with Crippen LogP contribution in [0, 0.1) is 0 Å². The maximum absolute atomic E-state index is 13.1. The van der Waals surface area contributed by atoms with Crippen molar-refractivity contribution >= 4 is 40.3 Å². The molecule has 0 aliphatic carbocycles. The van der Waals surface area contributed by atoms with Crippen LogP contribution in [0.3, 0.4) is 0 Å². The SMILES string of the molecule is O=C(CNC(=O)C(Cc1c[nH]c2ccccc12)NC(=O)c1ccccc1Cl)OCc1ccccc1. The lowest BCUT2D eigenvalue weighted by molar-refractivity contribution is -0.145. The number of halogens is 1. The van der Waals surface area contributed by atoms with Gasteiger partial charge in [-0.2, -0.15) is 0 Å². The van der Waals surface area contributed by atoms with Gasteiger partial charge in [0.05, 0.1) is 10.6 Å². The number of ether oxygens (including phenoxy) is 1. The molecule has 35 heavy (non-hydrogen) atoms. The molecular formula is C27H24ClN3O4. The number of hydrogen-bond donors (Lipinski definition) is 3. The Bertz CT molecular complexity index is 1340. The number of hydrogen-bond acceptors (Lipinski definition) is 4. The van der Waals surface area contributed by atoms with Crippen LogP contribution in [0.5, 0.6) is 0 Å². The monoisotopic (exact) mass is 489 g/mol. The molecule has 0 saturated heterocycles. The molecule has 0 aliphatic heterocycles. The first kappa shape index (κ1) is 24.0. The molecule has 3 N–H and O–H groups in total. The molecule has 3 aromatic carbocycles. The van der Waals surface area contributed by atoms with Gasteiger partial charge in [-0.3, -0.25) is 14.4 Å². The van der Waals surface area contributed by atoms with Crippen LogP contribution in [0.1, 0.15) is 21.5 Å². The second-order valence-corrected chi connectivity index (χ2v) is 8.34. The van der Waals surface area contributed by atoms with Crippen molar-refractivity contribution in [1.29, 1.82) is 0 Å². The number of carbonyl (C=O) groups is 3. The minimum absolute atomic E-state index is 0.109. The Morgan fingerprint density at radius 2 is 1.63 bits per heavy atom. The Kier molecular flexibility index (Phi) is 7.80. The Morgan fingerprint density at radius 3 is 2.43 bits per heavy atom. The molecule has 0 radical (unpaired) electrons. The van der Waals surface area contributed by atoms with E-state index < -0.39 is 23.8 Å². The molecule has 0 spiro atoms. The van der Waals surface area contributed by atoms with Crippen molar-refractivity contribution in [3.05, 3.63) is 107 Å². The van der Waals surface area contributed by atoms with E-state index in [9.17, 15) is 14.4 Å². The van der Waals surface area contributed by atoms with Gasteiger partial charge in [0.2, 0.25) is 5.91 Å². The first-order valence-electron chi connectivity index (χ1n) is 11.1. The summed E-state index contributed by atoms with van der Waals surface area (Å²) < 4.78 is 5.22. The average Bonchev–Trinajstić information content (AvgIpc) is 3.29. The Morgan fingerprint density at radius 1 is 0.914 bits per heavy atom. The summed E-state index contributed by atoms with van der Waals surface area (Å²) in [6.07, 6.45) is 2.02. The fraction of sp³-hybridized carbons (Fsp3) is 0.148. The predicted molar refractivity (Wildman–Crippen MR) is 134 cm³/mol. The number of H-pyrrole nitrogens is 1. The summed E-state index contributed by atoms with van der Waals surface area (Å²) >= 11 is 6.16. The molecule has 4 rings (SSSR count). The third kappa shape index (κ3) is 6.28. The van der Waals surface area contributed by atoms with Crippen molar-refractivity contribution in [2.75, 3.05) is 6.54 Å². The third-order valence-corrected chi connectivity index (χ3v) is 5.82. The van der Waals surface area contributed by atoms with Crippen molar-refractivity contribution in [3.8, 4) is 0 Å². The molecule has 4 aromatic rings. The summed E-state index contributed by atoms with van der Waals surface area (Å²) in [5, 5.41) is 6.56. The molecule has 0 saturated carbocycles. The van der Waals surface area contributed by atoms with Crippen LogP contribution in [-0.4, -0.2) is 35.4 Å². The molecule has 0 aliphatic rings. The molecule has 0 fully saturated rings. The molecule has 8 heteroatoms. The number of rotatable bonds is 9. The second-order valence-electron chi connectivity index (χ2n) is 7.93. The van der Waals surface area contributed by atoms with Crippen LogP contribution in [-0.2, 0) is 27.4 Å². The maximum Gasteiger partial charge on any atom is 0.325 e. The number of aromatic nitrogens is 1. The first-order valence-corrected chi connectivity index (χ1v) is 11.5. The first-order chi connectivity index (χ1) is 17.0. The molecule has 178 valence electrons. The summed E-state index contributed by atoms with van der Waals surface area (Å²) in [5.74, 6) is -1.57. The van der Waals surface area contributed by atoms with Crippen molar-refractivity contribution in [1.82, 2.24) is 15.6 Å². The Hall–Kier alpha value is -4.10. The molecular weight excluding hydrogens is 466 g/mol. The number of benzene rings is 3. The van der Waals surface area contributed by atoms with Gasteiger partial charge in [0.1, 0.15) is 19.2 Å². The molecule has 1 atom stereocenters. The van der Waals surface area contributed by atoms with E-state index in [4.69, 9.17) is 16.3 Å². The number of aromatic amines is 1. The molecule has 1 unspecified atom stereocenters. The van der Waals surface area contributed by atoms with E-state index in [2.05, 4.69) is 15.6 Å². The Balaban J connectivity index is 1.44. The van der Waals surface area contributed by atoms with E-state index in [1.807, 2.05) is 54.6 Å². The van der Waals surface area contributed by atoms with Gasteiger partial charge in [-0.1, -0.05) is 72.3 Å². The van der Waals surface area contributed by atoms with Gasteiger partial charge < -0.3 is 20.4 Å². The summed E-state index contributed by atoms with van der Waals surface area (Å²) in [7, 11) is 0. The van der Waals surface area contributed by atoms with E-state index in [1.54, 1.807) is 30.5 Å². The van der Waals surface area contributed by atoms with E-state index in [1.165, 1.54) is 0 Å². The smallest absolute Gasteiger partial charge is 0.325 e. The summed E-state index contributed by atoms with van der Waals surface area (Å²) in [5.41, 5.74) is 2.87. The van der Waals surface area contributed by atoms with E-state index in [0.29, 0.717) is 0 Å². The lowest BCUT2D eigenvalue weighted by Crippen LogP contribution is -2.49. The molecule has 0 bridgehead atoms. The second kappa shape index (κ2) is 11.4. The normalized spacial score (nSPS) is 11.6. The lowest BCUT2D eigenvalue weighted by Gasteiger charge is -2.19. The molecule has 1 aromatic heterocycles. The van der Waals surface area contributed by atoms with Crippen LogP contribution in [0.2, 0.25) is 5.02 Å². The van der Waals surface area contributed by atoms with Gasteiger partial charge >= 0.3 is 5.97 Å². The highest BCUT2D eigenvalue weighted by molar-refractivity contribution is 6.33. The van der Waals surface area contributed by atoms with Gasteiger partial charge in [0.25, 0.3) is 5.91 Å². The standard InChI is InChI=1S/C27H24ClN3O4/c28-22-12-6-4-11-21(22)26(33)31-24(14-19-15-29-23-13-7-5-10-20(19)23)27(34)30-16-25(32)35-17-18-8-2-1-3-9-18/h1-13,15,24,29H,14,16-17H2,(H,30,34)(H,31,33). The zero-order chi connectivity index (χ0) is 24.6. The highest BCUT2D eigenvalue weighted by Crippen LogP contribution is 2.20. The number of esters is 1. The van der Waals surface area contributed by atoms with Gasteiger partial charge in [-0.25, -0.2) is 0 Å². The van der Waals surface area contributed by atoms with Crippen LogP contribution >= 0.6 is 11.6 Å². The average molecular weight is 490 g/mol. The molecule has 2 amide bonds. The third-order valence-electron chi connectivity index (χ3n) is 5.49. The predicted octanol–water partition coefficient (Wildman–Crippen LogP) is 4.02. The highest BCUT2D eigenvalue weighted by atomic mass is 35.5. The lowest BCUT2D eigenvalue weighted by atomic mass is 10.0. The largest absolute Gasteiger partial charge is 0.460 e. The van der Waals surface area contributed by atoms with Crippen molar-refractivity contribution in [2.24, 2.45) is 0 Å². The van der Waals surface area contributed by atoms with Gasteiger partial charge in [-0.15, -0.1) is 0 Å². The fourth-order valence-electron chi connectivity index (χ4n) is 3.68. The van der Waals surface area contributed by atoms with E-state index in [0.717, 1.165) is 22.0 Å². The number of para-hydroxylation sites is 1. The van der Waals surface area contributed by atoms with Crippen LogP contribution < -0.4 is 10.6 Å². The minimum atomic E-state index is -0.945. The van der Waals surface area contributed by atoms with Crippen LogP contribution in [0.25, 0.3) is 10.9 Å². The fourth-order valence-corrected chi connectivity index (χ4v) is 3.90. The quantitative estimate of drug-likeness (QED) is 0.309. The number of nitrogens with one attached hydrogen (secondary N) is 3. The summed E-state index contributed by atoms with van der Waals surface area (Å²) in [4.78, 5) is 41.3. The Labute approximate surface area is 207 Å². The molecule has 7 nitrogen and oxygen atoms in total. The van der Waals surface area contributed by atoms with Gasteiger partial charge in [0, 0.05) is 23.5 Å². The van der Waals surface area contributed by atoms with Crippen molar-refractivity contribution in [2.45, 2.75) is 19.1 Å². The number of amides is 2. The number of carbonyl (C=O) groups excluding carboxylic acids is 3. The van der Waals surface area contributed by atoms with Crippen LogP contribution in [0.4, 0.5) is 0 Å². The van der Waals surface area contributed by atoms with E-state index in [-0.39, 0.29) is 30.2 Å². The van der Waals surface area contributed by atoms with Crippen molar-refractivity contribution in [3.63, 3.8) is 0 Å².